The molecule has 0 aliphatic heterocycles. The molecule has 0 aliphatic rings. The quantitative estimate of drug-likeness (QED) is 0.439. The first-order valence-electron chi connectivity index (χ1n) is 7.99. The van der Waals surface area contributed by atoms with Gasteiger partial charge in [-0.2, -0.15) is 9.49 Å². The largest absolute Gasteiger partial charge is 0.322 e. The van der Waals surface area contributed by atoms with E-state index in [1.54, 1.807) is 11.6 Å². The highest BCUT2D eigenvalue weighted by Crippen LogP contribution is 2.23. The fourth-order valence-corrected chi connectivity index (χ4v) is 2.61. The molecule has 0 fully saturated rings. The first-order chi connectivity index (χ1) is 12.3. The minimum Gasteiger partial charge on any atom is -0.322 e. The summed E-state index contributed by atoms with van der Waals surface area (Å²) in [5, 5.41) is 18.0. The molecule has 0 saturated carbocycles. The van der Waals surface area contributed by atoms with Crippen molar-refractivity contribution in [2.45, 2.75) is 33.2 Å². The maximum absolute atomic E-state index is 13.3. The van der Waals surface area contributed by atoms with Crippen LogP contribution in [0, 0.1) is 22.9 Å². The Balaban J connectivity index is 2.12. The molecule has 1 amide bonds. The number of unbranched alkanes of at least 4 members (excludes halogenated alkanes) is 1. The third kappa shape index (κ3) is 4.66. The average Bonchev–Trinajstić information content (AvgIpc) is 2.86. The molecule has 0 spiro atoms. The summed E-state index contributed by atoms with van der Waals surface area (Å²) in [5.41, 5.74) is 0.729. The topological polar surface area (TPSA) is 90.1 Å². The van der Waals surface area contributed by atoms with Gasteiger partial charge in [-0.25, -0.2) is 0 Å². The summed E-state index contributed by atoms with van der Waals surface area (Å²) in [6.07, 6.45) is 4.72. The summed E-state index contributed by atoms with van der Waals surface area (Å²) in [6.45, 7) is 4.54. The monoisotopic (exact) mass is 380 g/mol. The molecule has 7 nitrogen and oxygen atoms in total. The zero-order valence-corrected chi connectivity index (χ0v) is 15.1. The van der Waals surface area contributed by atoms with Crippen LogP contribution in [0.1, 0.15) is 31.0 Å². The van der Waals surface area contributed by atoms with Gasteiger partial charge in [0.1, 0.15) is 5.15 Å². The lowest BCUT2D eigenvalue weighted by molar-refractivity contribution is -0.387. The van der Waals surface area contributed by atoms with Crippen LogP contribution in [0.2, 0.25) is 5.15 Å². The SMILES string of the molecule is CCCCn1nc(C)c(/C=C/C(=O)Nc2ccc(F)c([N+](=O)[O-])c2)c1Cl. The van der Waals surface area contributed by atoms with Gasteiger partial charge in [-0.1, -0.05) is 24.9 Å². The maximum Gasteiger partial charge on any atom is 0.306 e. The Labute approximate surface area is 154 Å². The van der Waals surface area contributed by atoms with Crippen molar-refractivity contribution in [1.82, 2.24) is 9.78 Å². The molecule has 1 aromatic carbocycles. The Morgan fingerprint density at radius 3 is 2.88 bits per heavy atom. The molecule has 1 heterocycles. The number of anilines is 1. The van der Waals surface area contributed by atoms with E-state index in [1.807, 2.05) is 0 Å². The standard InChI is InChI=1S/C17H18ClFN4O3/c1-3-4-9-22-17(18)13(11(2)21-22)6-8-16(24)20-12-5-7-14(19)15(10-12)23(25)26/h5-8,10H,3-4,9H2,1-2H3,(H,20,24)/b8-6+. The van der Waals surface area contributed by atoms with Crippen LogP contribution in [0.3, 0.4) is 0 Å². The van der Waals surface area contributed by atoms with E-state index in [0.29, 0.717) is 23.0 Å². The van der Waals surface area contributed by atoms with Gasteiger partial charge in [-0.05, 0) is 31.6 Å². The summed E-state index contributed by atoms with van der Waals surface area (Å²) in [7, 11) is 0. The number of nitro groups is 1. The molecule has 2 rings (SSSR count). The predicted octanol–water partition coefficient (Wildman–Crippen LogP) is 4.34. The number of aryl methyl sites for hydroxylation is 2. The van der Waals surface area contributed by atoms with Crippen molar-refractivity contribution in [2.24, 2.45) is 0 Å². The fraction of sp³-hybridized carbons (Fsp3) is 0.294. The molecular weight excluding hydrogens is 363 g/mol. The number of nitro benzene ring substituents is 1. The number of hydrogen-bond donors (Lipinski definition) is 1. The number of nitrogens with zero attached hydrogens (tertiary/aromatic N) is 3. The molecular formula is C17H18ClFN4O3. The summed E-state index contributed by atoms with van der Waals surface area (Å²) in [4.78, 5) is 21.9. The van der Waals surface area contributed by atoms with Gasteiger partial charge in [0.15, 0.2) is 0 Å². The summed E-state index contributed by atoms with van der Waals surface area (Å²) >= 11 is 6.28. The Morgan fingerprint density at radius 2 is 2.23 bits per heavy atom. The Morgan fingerprint density at radius 1 is 1.50 bits per heavy atom. The molecule has 0 bridgehead atoms. The number of nitrogens with one attached hydrogen (secondary N) is 1. The molecule has 0 unspecified atom stereocenters. The number of benzene rings is 1. The van der Waals surface area contributed by atoms with Crippen molar-refractivity contribution in [3.63, 3.8) is 0 Å². The molecule has 0 aliphatic carbocycles. The van der Waals surface area contributed by atoms with Crippen LogP contribution in [-0.4, -0.2) is 20.6 Å². The van der Waals surface area contributed by atoms with Crippen molar-refractivity contribution >= 4 is 35.0 Å². The minimum atomic E-state index is -0.967. The second-order valence-corrected chi connectivity index (χ2v) is 5.97. The van der Waals surface area contributed by atoms with Crippen molar-refractivity contribution in [2.75, 3.05) is 5.32 Å². The van der Waals surface area contributed by atoms with Crippen LogP contribution in [0.4, 0.5) is 15.8 Å². The normalized spacial score (nSPS) is 11.1. The zero-order chi connectivity index (χ0) is 19.3. The van der Waals surface area contributed by atoms with Crippen LogP contribution < -0.4 is 5.32 Å². The van der Waals surface area contributed by atoms with Gasteiger partial charge in [0, 0.05) is 29.9 Å². The molecule has 9 heteroatoms. The van der Waals surface area contributed by atoms with Gasteiger partial charge >= 0.3 is 5.69 Å². The number of halogens is 2. The zero-order valence-electron chi connectivity index (χ0n) is 14.3. The van der Waals surface area contributed by atoms with E-state index >= 15 is 0 Å². The highest BCUT2D eigenvalue weighted by atomic mass is 35.5. The molecule has 26 heavy (non-hydrogen) atoms. The summed E-state index contributed by atoms with van der Waals surface area (Å²) in [5.74, 6) is -1.49. The van der Waals surface area contributed by atoms with Gasteiger partial charge in [0.25, 0.3) is 0 Å². The summed E-state index contributed by atoms with van der Waals surface area (Å²) < 4.78 is 15.0. The van der Waals surface area contributed by atoms with Gasteiger partial charge < -0.3 is 5.32 Å². The highest BCUT2D eigenvalue weighted by molar-refractivity contribution is 6.31. The minimum absolute atomic E-state index is 0.120. The Bertz CT molecular complexity index is 864. The average molecular weight is 381 g/mol. The highest BCUT2D eigenvalue weighted by Gasteiger charge is 2.15. The molecule has 138 valence electrons. The van der Waals surface area contributed by atoms with Gasteiger partial charge in [0.2, 0.25) is 11.7 Å². The lowest BCUT2D eigenvalue weighted by Crippen LogP contribution is -2.08. The number of amides is 1. The third-order valence-corrected chi connectivity index (χ3v) is 4.04. The molecule has 2 aromatic rings. The first kappa shape index (κ1) is 19.6. The number of hydrogen-bond acceptors (Lipinski definition) is 4. The maximum atomic E-state index is 13.3. The molecule has 0 radical (unpaired) electrons. The lowest BCUT2D eigenvalue weighted by Gasteiger charge is -2.02. The third-order valence-electron chi connectivity index (χ3n) is 3.64. The molecule has 1 aromatic heterocycles. The molecule has 1 N–H and O–H groups in total. The Kier molecular flexibility index (Phi) is 6.46. The summed E-state index contributed by atoms with van der Waals surface area (Å²) in [6, 6.07) is 3.13. The smallest absolute Gasteiger partial charge is 0.306 e. The van der Waals surface area contributed by atoms with Crippen molar-refractivity contribution in [3.8, 4) is 0 Å². The van der Waals surface area contributed by atoms with Gasteiger partial charge in [0.05, 0.1) is 10.6 Å². The van der Waals surface area contributed by atoms with Crippen LogP contribution in [0.15, 0.2) is 24.3 Å². The number of aromatic nitrogens is 2. The predicted molar refractivity (Wildman–Crippen MR) is 97.6 cm³/mol. The van der Waals surface area contributed by atoms with E-state index in [2.05, 4.69) is 17.3 Å². The van der Waals surface area contributed by atoms with Crippen molar-refractivity contribution < 1.29 is 14.1 Å². The van der Waals surface area contributed by atoms with E-state index in [4.69, 9.17) is 11.6 Å². The van der Waals surface area contributed by atoms with Crippen LogP contribution >= 0.6 is 11.6 Å². The van der Waals surface area contributed by atoms with Gasteiger partial charge in [-0.15, -0.1) is 0 Å². The van der Waals surface area contributed by atoms with Gasteiger partial charge in [-0.3, -0.25) is 19.6 Å². The van der Waals surface area contributed by atoms with E-state index < -0.39 is 22.3 Å². The van der Waals surface area contributed by atoms with Crippen LogP contribution in [-0.2, 0) is 11.3 Å². The van der Waals surface area contributed by atoms with Crippen molar-refractivity contribution in [1.29, 1.82) is 0 Å². The van der Waals surface area contributed by atoms with E-state index in [-0.39, 0.29) is 5.69 Å². The van der Waals surface area contributed by atoms with E-state index in [0.717, 1.165) is 25.0 Å². The molecule has 0 atom stereocenters. The van der Waals surface area contributed by atoms with E-state index in [9.17, 15) is 19.3 Å². The molecule has 0 saturated heterocycles. The first-order valence-corrected chi connectivity index (χ1v) is 8.37. The fourth-order valence-electron chi connectivity index (χ4n) is 2.29. The second kappa shape index (κ2) is 8.57. The van der Waals surface area contributed by atoms with Crippen LogP contribution in [0.25, 0.3) is 6.08 Å². The number of carbonyl (C=O) groups is 1. The second-order valence-electron chi connectivity index (χ2n) is 5.61. The van der Waals surface area contributed by atoms with Crippen molar-refractivity contribution in [3.05, 3.63) is 56.6 Å². The number of rotatable bonds is 7. The van der Waals surface area contributed by atoms with Crippen LogP contribution in [0.5, 0.6) is 0 Å². The Hall–Kier alpha value is -2.74. The number of carbonyl (C=O) groups excluding carboxylic acids is 1. The lowest BCUT2D eigenvalue weighted by atomic mass is 10.2. The van der Waals surface area contributed by atoms with E-state index in [1.165, 1.54) is 18.2 Å².